The number of alkyl halides is 1. The van der Waals surface area contributed by atoms with Crippen molar-refractivity contribution in [2.45, 2.75) is 32.9 Å². The normalized spacial score (nSPS) is 14.6. The van der Waals surface area contributed by atoms with Gasteiger partial charge in [-0.15, -0.1) is 0 Å². The van der Waals surface area contributed by atoms with Crippen molar-refractivity contribution < 1.29 is 4.39 Å². The summed E-state index contributed by atoms with van der Waals surface area (Å²) in [7, 11) is 0. The van der Waals surface area contributed by atoms with Crippen LogP contribution in [-0.4, -0.2) is 18.9 Å². The van der Waals surface area contributed by atoms with Crippen LogP contribution in [0.1, 0.15) is 26.7 Å². The molecule has 0 saturated carbocycles. The third kappa shape index (κ3) is 5.47. The molecule has 0 aliphatic carbocycles. The molecule has 0 fully saturated rings. The maximum Gasteiger partial charge on any atom is 0.119 e. The van der Waals surface area contributed by atoms with Crippen LogP contribution >= 0.6 is 0 Å². The standard InChI is InChI=1S/C7H14FN/c1-3-5-9-6-7(8)4-2/h5,7H,3-4,6H2,1-2H3/b9-5-. The first-order valence-electron chi connectivity index (χ1n) is 3.43. The van der Waals surface area contributed by atoms with Gasteiger partial charge in [-0.25, -0.2) is 4.39 Å². The number of rotatable bonds is 4. The lowest BCUT2D eigenvalue weighted by molar-refractivity contribution is 0.334. The molecular weight excluding hydrogens is 117 g/mol. The molecule has 0 heterocycles. The van der Waals surface area contributed by atoms with Gasteiger partial charge in [0.1, 0.15) is 6.17 Å². The van der Waals surface area contributed by atoms with Gasteiger partial charge < -0.3 is 0 Å². The summed E-state index contributed by atoms with van der Waals surface area (Å²) in [5.74, 6) is 0. The third-order valence-corrected chi connectivity index (χ3v) is 1.06. The Morgan fingerprint density at radius 1 is 1.56 bits per heavy atom. The smallest absolute Gasteiger partial charge is 0.119 e. The van der Waals surface area contributed by atoms with E-state index in [4.69, 9.17) is 0 Å². The van der Waals surface area contributed by atoms with E-state index >= 15 is 0 Å². The molecule has 0 aliphatic heterocycles. The van der Waals surface area contributed by atoms with Crippen molar-refractivity contribution in [2.24, 2.45) is 4.99 Å². The second-order valence-electron chi connectivity index (χ2n) is 1.96. The predicted molar refractivity (Wildman–Crippen MR) is 38.8 cm³/mol. The zero-order valence-corrected chi connectivity index (χ0v) is 6.10. The fourth-order valence-corrected chi connectivity index (χ4v) is 0.447. The van der Waals surface area contributed by atoms with Crippen molar-refractivity contribution in [1.82, 2.24) is 0 Å². The Bertz CT molecular complexity index is 81.0. The summed E-state index contributed by atoms with van der Waals surface area (Å²) in [5.41, 5.74) is 0. The molecule has 1 atom stereocenters. The molecule has 0 rings (SSSR count). The summed E-state index contributed by atoms with van der Waals surface area (Å²) in [6, 6.07) is 0. The van der Waals surface area contributed by atoms with Crippen molar-refractivity contribution >= 4 is 6.21 Å². The molecule has 2 heteroatoms. The Kier molecular flexibility index (Phi) is 5.48. The van der Waals surface area contributed by atoms with Crippen LogP contribution in [0.15, 0.2) is 4.99 Å². The monoisotopic (exact) mass is 131 g/mol. The van der Waals surface area contributed by atoms with Crippen LogP contribution in [-0.2, 0) is 0 Å². The number of hydrogen-bond acceptors (Lipinski definition) is 1. The van der Waals surface area contributed by atoms with Gasteiger partial charge in [-0.05, 0) is 19.1 Å². The first-order valence-corrected chi connectivity index (χ1v) is 3.43. The summed E-state index contributed by atoms with van der Waals surface area (Å²) in [4.78, 5) is 3.86. The summed E-state index contributed by atoms with van der Waals surface area (Å²) < 4.78 is 12.3. The van der Waals surface area contributed by atoms with E-state index in [1.165, 1.54) is 0 Å². The van der Waals surface area contributed by atoms with Gasteiger partial charge in [0, 0.05) is 0 Å². The minimum Gasteiger partial charge on any atom is -0.295 e. The number of aliphatic imine (C=N–C) groups is 1. The maximum absolute atomic E-state index is 12.3. The van der Waals surface area contributed by atoms with Gasteiger partial charge >= 0.3 is 0 Å². The Morgan fingerprint density at radius 3 is 2.67 bits per heavy atom. The van der Waals surface area contributed by atoms with E-state index in [-0.39, 0.29) is 0 Å². The highest BCUT2D eigenvalue weighted by atomic mass is 19.1. The van der Waals surface area contributed by atoms with Crippen LogP contribution < -0.4 is 0 Å². The molecule has 0 radical (unpaired) electrons. The van der Waals surface area contributed by atoms with Crippen LogP contribution in [0.5, 0.6) is 0 Å². The molecule has 0 aromatic heterocycles. The number of nitrogens with zero attached hydrogens (tertiary/aromatic N) is 1. The largest absolute Gasteiger partial charge is 0.295 e. The second kappa shape index (κ2) is 5.73. The third-order valence-electron chi connectivity index (χ3n) is 1.06. The predicted octanol–water partition coefficient (Wildman–Crippen LogP) is 2.22. The topological polar surface area (TPSA) is 12.4 Å². The molecule has 0 aromatic rings. The SMILES string of the molecule is CC/C=N\CC(F)CC. The van der Waals surface area contributed by atoms with Crippen LogP contribution in [0.3, 0.4) is 0 Å². The second-order valence-corrected chi connectivity index (χ2v) is 1.96. The van der Waals surface area contributed by atoms with Crippen molar-refractivity contribution in [3.8, 4) is 0 Å². The molecule has 0 spiro atoms. The Hall–Kier alpha value is -0.400. The van der Waals surface area contributed by atoms with Gasteiger partial charge in [0.2, 0.25) is 0 Å². The zero-order chi connectivity index (χ0) is 7.11. The molecule has 1 nitrogen and oxygen atoms in total. The number of halogens is 1. The minimum atomic E-state index is -0.743. The lowest BCUT2D eigenvalue weighted by Gasteiger charge is -1.97. The molecule has 54 valence electrons. The van der Waals surface area contributed by atoms with Crippen LogP contribution in [0, 0.1) is 0 Å². The molecule has 0 amide bonds. The first-order chi connectivity index (χ1) is 4.31. The molecule has 0 aromatic carbocycles. The van der Waals surface area contributed by atoms with Gasteiger partial charge in [-0.2, -0.15) is 0 Å². The van der Waals surface area contributed by atoms with Gasteiger partial charge in [0.25, 0.3) is 0 Å². The summed E-state index contributed by atoms with van der Waals surface area (Å²) in [5, 5.41) is 0. The summed E-state index contributed by atoms with van der Waals surface area (Å²) >= 11 is 0. The first kappa shape index (κ1) is 8.60. The lowest BCUT2D eigenvalue weighted by Crippen LogP contribution is -2.01. The maximum atomic E-state index is 12.3. The summed E-state index contributed by atoms with van der Waals surface area (Å²) in [6.07, 6.45) is 2.48. The molecule has 0 saturated heterocycles. The van der Waals surface area contributed by atoms with Gasteiger partial charge in [0.05, 0.1) is 6.54 Å². The Labute approximate surface area is 56.0 Å². The van der Waals surface area contributed by atoms with E-state index in [9.17, 15) is 4.39 Å². The fraction of sp³-hybridized carbons (Fsp3) is 0.857. The van der Waals surface area contributed by atoms with Crippen LogP contribution in [0.2, 0.25) is 0 Å². The Balaban J connectivity index is 3.15. The highest BCUT2D eigenvalue weighted by Gasteiger charge is 1.97. The van der Waals surface area contributed by atoms with E-state index in [1.54, 1.807) is 6.21 Å². The van der Waals surface area contributed by atoms with E-state index in [2.05, 4.69) is 4.99 Å². The average Bonchev–Trinajstić information content (AvgIpc) is 1.89. The van der Waals surface area contributed by atoms with E-state index in [0.29, 0.717) is 13.0 Å². The molecular formula is C7H14FN. The van der Waals surface area contributed by atoms with E-state index in [1.807, 2.05) is 13.8 Å². The Morgan fingerprint density at radius 2 is 2.22 bits per heavy atom. The highest BCUT2D eigenvalue weighted by Crippen LogP contribution is 1.95. The molecule has 0 N–H and O–H groups in total. The van der Waals surface area contributed by atoms with Crippen molar-refractivity contribution in [3.05, 3.63) is 0 Å². The quantitative estimate of drug-likeness (QED) is 0.519. The van der Waals surface area contributed by atoms with Crippen molar-refractivity contribution in [3.63, 3.8) is 0 Å². The summed E-state index contributed by atoms with van der Waals surface area (Å²) in [6.45, 7) is 4.15. The van der Waals surface area contributed by atoms with E-state index in [0.717, 1.165) is 6.42 Å². The van der Waals surface area contributed by atoms with Gasteiger partial charge in [-0.3, -0.25) is 4.99 Å². The van der Waals surface area contributed by atoms with Crippen LogP contribution in [0.25, 0.3) is 0 Å². The molecule has 0 aliphatic rings. The van der Waals surface area contributed by atoms with Gasteiger partial charge in [0.15, 0.2) is 0 Å². The number of hydrogen-bond donors (Lipinski definition) is 0. The van der Waals surface area contributed by atoms with Gasteiger partial charge in [-0.1, -0.05) is 13.8 Å². The molecule has 9 heavy (non-hydrogen) atoms. The van der Waals surface area contributed by atoms with Crippen molar-refractivity contribution in [1.29, 1.82) is 0 Å². The lowest BCUT2D eigenvalue weighted by atomic mass is 10.3. The van der Waals surface area contributed by atoms with Crippen molar-refractivity contribution in [2.75, 3.05) is 6.54 Å². The average molecular weight is 131 g/mol. The highest BCUT2D eigenvalue weighted by molar-refractivity contribution is 5.56. The molecule has 0 bridgehead atoms. The zero-order valence-electron chi connectivity index (χ0n) is 6.10. The van der Waals surface area contributed by atoms with E-state index < -0.39 is 6.17 Å². The molecule has 1 unspecified atom stereocenters. The fourth-order valence-electron chi connectivity index (χ4n) is 0.447. The van der Waals surface area contributed by atoms with Crippen LogP contribution in [0.4, 0.5) is 4.39 Å². The minimum absolute atomic E-state index is 0.338.